The summed E-state index contributed by atoms with van der Waals surface area (Å²) in [5.74, 6) is 1.30. The van der Waals surface area contributed by atoms with E-state index in [1.165, 1.54) is 11.8 Å². The number of aliphatic hydroxyl groups excluding tert-OH is 7. The Morgan fingerprint density at radius 2 is 1.49 bits per heavy atom. The van der Waals surface area contributed by atoms with Crippen molar-refractivity contribution in [3.05, 3.63) is 20.4 Å². The first-order chi connectivity index (χ1) is 18.7. The molecule has 16 heteroatoms. The zero-order valence-electron chi connectivity index (χ0n) is 21.3. The Hall–Kier alpha value is -1.41. The second kappa shape index (κ2) is 15.0. The molecular formula is C23H37NO14S. The van der Waals surface area contributed by atoms with Gasteiger partial charge in [-0.2, -0.15) is 11.8 Å². The maximum absolute atomic E-state index is 11.6. The van der Waals surface area contributed by atoms with Crippen LogP contribution >= 0.6 is 11.8 Å². The molecule has 39 heavy (non-hydrogen) atoms. The zero-order chi connectivity index (χ0) is 28.7. The SMILES string of the molecule is CCOc1c(NCCSCCCO[C@@H]2O[C@H](CO)[C@@H](O)[C@H](O)[C@@H]2O[C@@H]2O[C@H](CO)[C@@H](O)[C@H](O)[C@@H]2O)c(=O)c1=O. The van der Waals surface area contributed by atoms with Crippen molar-refractivity contribution in [2.75, 3.05) is 49.8 Å². The Morgan fingerprint density at radius 1 is 0.846 bits per heavy atom. The van der Waals surface area contributed by atoms with Crippen LogP contribution in [-0.2, 0) is 18.9 Å². The van der Waals surface area contributed by atoms with Crippen molar-refractivity contribution in [3.63, 3.8) is 0 Å². The lowest BCUT2D eigenvalue weighted by atomic mass is 9.97. The van der Waals surface area contributed by atoms with Gasteiger partial charge >= 0.3 is 0 Å². The second-order valence-electron chi connectivity index (χ2n) is 9.06. The van der Waals surface area contributed by atoms with Crippen LogP contribution in [0, 0.1) is 0 Å². The summed E-state index contributed by atoms with van der Waals surface area (Å²) in [6.45, 7) is 1.24. The van der Waals surface area contributed by atoms with Gasteiger partial charge in [-0.15, -0.1) is 0 Å². The third-order valence-corrected chi connectivity index (χ3v) is 7.45. The molecule has 2 aliphatic rings. The van der Waals surface area contributed by atoms with E-state index >= 15 is 0 Å². The first-order valence-electron chi connectivity index (χ1n) is 12.6. The molecule has 2 saturated heterocycles. The van der Waals surface area contributed by atoms with E-state index < -0.39 is 85.5 Å². The third-order valence-electron chi connectivity index (χ3n) is 6.38. The Balaban J connectivity index is 1.47. The van der Waals surface area contributed by atoms with Gasteiger partial charge in [-0.1, -0.05) is 0 Å². The Labute approximate surface area is 227 Å². The predicted molar refractivity (Wildman–Crippen MR) is 135 cm³/mol. The van der Waals surface area contributed by atoms with Gasteiger partial charge in [0.1, 0.15) is 54.5 Å². The van der Waals surface area contributed by atoms with Crippen LogP contribution in [0.25, 0.3) is 0 Å². The molecule has 10 atom stereocenters. The first-order valence-corrected chi connectivity index (χ1v) is 13.8. The second-order valence-corrected chi connectivity index (χ2v) is 10.3. The maximum atomic E-state index is 11.6. The van der Waals surface area contributed by atoms with Gasteiger partial charge in [-0.05, 0) is 19.1 Å². The Kier molecular flexibility index (Phi) is 12.3. The van der Waals surface area contributed by atoms with Gasteiger partial charge in [-0.25, -0.2) is 0 Å². The summed E-state index contributed by atoms with van der Waals surface area (Å²) in [5.41, 5.74) is -1.05. The van der Waals surface area contributed by atoms with Gasteiger partial charge in [0.25, 0.3) is 10.9 Å². The maximum Gasteiger partial charge on any atom is 0.272 e. The fourth-order valence-electron chi connectivity index (χ4n) is 4.19. The summed E-state index contributed by atoms with van der Waals surface area (Å²) in [4.78, 5) is 23.1. The van der Waals surface area contributed by atoms with Crippen molar-refractivity contribution in [1.29, 1.82) is 0 Å². The highest BCUT2D eigenvalue weighted by molar-refractivity contribution is 7.99. The molecule has 0 saturated carbocycles. The minimum absolute atomic E-state index is 0.0577. The number of anilines is 1. The van der Waals surface area contributed by atoms with Crippen molar-refractivity contribution in [3.8, 4) is 5.75 Å². The molecule has 0 unspecified atom stereocenters. The smallest absolute Gasteiger partial charge is 0.272 e. The van der Waals surface area contributed by atoms with Gasteiger partial charge in [-0.3, -0.25) is 9.59 Å². The number of thioether (sulfide) groups is 1. The Bertz CT molecular complexity index is 958. The highest BCUT2D eigenvalue weighted by Gasteiger charge is 2.50. The summed E-state index contributed by atoms with van der Waals surface area (Å²) in [5, 5.41) is 72.9. The summed E-state index contributed by atoms with van der Waals surface area (Å²) >= 11 is 1.54. The molecule has 3 rings (SSSR count). The third kappa shape index (κ3) is 7.46. The van der Waals surface area contributed by atoms with Crippen molar-refractivity contribution in [1.82, 2.24) is 0 Å². The van der Waals surface area contributed by atoms with Crippen molar-refractivity contribution < 1.29 is 59.4 Å². The van der Waals surface area contributed by atoms with E-state index in [0.29, 0.717) is 24.5 Å². The zero-order valence-corrected chi connectivity index (χ0v) is 22.1. The minimum Gasteiger partial charge on any atom is -0.488 e. The fourth-order valence-corrected chi connectivity index (χ4v) is 4.97. The van der Waals surface area contributed by atoms with Crippen LogP contribution in [0.15, 0.2) is 9.59 Å². The number of aliphatic hydroxyl groups is 7. The first kappa shape index (κ1) is 32.1. The molecule has 0 amide bonds. The molecule has 2 heterocycles. The topological polar surface area (TPSA) is 234 Å². The van der Waals surface area contributed by atoms with Crippen LogP contribution in [0.5, 0.6) is 5.75 Å². The van der Waals surface area contributed by atoms with Crippen LogP contribution in [-0.4, -0.2) is 142 Å². The molecule has 2 fully saturated rings. The van der Waals surface area contributed by atoms with Crippen LogP contribution in [0.1, 0.15) is 13.3 Å². The summed E-state index contributed by atoms with van der Waals surface area (Å²) < 4.78 is 27.3. The minimum atomic E-state index is -1.75. The fraction of sp³-hybridized carbons (Fsp3) is 0.826. The van der Waals surface area contributed by atoms with Gasteiger partial charge in [0.05, 0.1) is 26.4 Å². The van der Waals surface area contributed by atoms with Crippen LogP contribution in [0.2, 0.25) is 0 Å². The summed E-state index contributed by atoms with van der Waals surface area (Å²) in [6, 6.07) is 0. The van der Waals surface area contributed by atoms with E-state index in [-0.39, 0.29) is 24.7 Å². The molecule has 1 aromatic carbocycles. The molecule has 0 radical (unpaired) electrons. The molecule has 0 aliphatic carbocycles. The molecule has 0 spiro atoms. The van der Waals surface area contributed by atoms with E-state index in [0.717, 1.165) is 0 Å². The summed E-state index contributed by atoms with van der Waals surface area (Å²) in [6.07, 6.45) is -14.5. The lowest BCUT2D eigenvalue weighted by Gasteiger charge is -2.45. The van der Waals surface area contributed by atoms with E-state index in [4.69, 9.17) is 23.7 Å². The highest BCUT2D eigenvalue weighted by Crippen LogP contribution is 2.29. The molecule has 224 valence electrons. The molecule has 2 aliphatic heterocycles. The standard InChI is InChI=1S/C23H37NO14S/c1-2-34-20-12(15(29)18(20)32)24-4-7-39-6-3-5-35-23-21(17(31)14(28)11(9-26)37-23)38-22-19(33)16(30)13(27)10(8-25)36-22/h10-11,13-14,16-17,19,21-28,30-31,33H,2-9H2,1H3/t10-,11-,13-,14-,16+,17+,19+,21+,22+,23-/m1/s1. The average molecular weight is 584 g/mol. The monoisotopic (exact) mass is 583 g/mol. The van der Waals surface area contributed by atoms with E-state index in [2.05, 4.69) is 5.32 Å². The van der Waals surface area contributed by atoms with E-state index in [1.54, 1.807) is 6.92 Å². The van der Waals surface area contributed by atoms with Gasteiger partial charge < -0.3 is 64.7 Å². The number of rotatable bonds is 15. The number of hydrogen-bond acceptors (Lipinski definition) is 16. The number of hydrogen-bond donors (Lipinski definition) is 8. The lowest BCUT2D eigenvalue weighted by molar-refractivity contribution is -0.367. The normalized spacial score (nSPS) is 35.3. The van der Waals surface area contributed by atoms with Crippen LogP contribution < -0.4 is 20.9 Å². The lowest BCUT2D eigenvalue weighted by Crippen LogP contribution is -2.64. The van der Waals surface area contributed by atoms with Crippen molar-refractivity contribution in [2.45, 2.75) is 74.8 Å². The average Bonchev–Trinajstić information content (AvgIpc) is 2.94. The molecule has 8 N–H and O–H groups in total. The molecule has 1 aromatic rings. The van der Waals surface area contributed by atoms with E-state index in [1.807, 2.05) is 0 Å². The van der Waals surface area contributed by atoms with Gasteiger partial charge in [0, 0.05) is 12.3 Å². The van der Waals surface area contributed by atoms with Crippen LogP contribution in [0.3, 0.4) is 0 Å². The molecular weight excluding hydrogens is 546 g/mol. The van der Waals surface area contributed by atoms with Gasteiger partial charge in [0.15, 0.2) is 18.3 Å². The molecule has 15 nitrogen and oxygen atoms in total. The molecule has 0 bridgehead atoms. The van der Waals surface area contributed by atoms with E-state index in [9.17, 15) is 45.3 Å². The van der Waals surface area contributed by atoms with Gasteiger partial charge in [0.2, 0.25) is 0 Å². The number of nitrogens with one attached hydrogen (secondary N) is 1. The highest BCUT2D eigenvalue weighted by atomic mass is 32.2. The van der Waals surface area contributed by atoms with Crippen molar-refractivity contribution >= 4 is 17.4 Å². The quantitative estimate of drug-likeness (QED) is 0.0723. The predicted octanol–water partition coefficient (Wildman–Crippen LogP) is -4.14. The molecule has 0 aromatic heterocycles. The van der Waals surface area contributed by atoms with Crippen molar-refractivity contribution in [2.24, 2.45) is 0 Å². The largest absolute Gasteiger partial charge is 0.488 e. The van der Waals surface area contributed by atoms with Crippen LogP contribution in [0.4, 0.5) is 5.69 Å². The Morgan fingerprint density at radius 3 is 2.13 bits per heavy atom. The number of ether oxygens (including phenoxy) is 5. The summed E-state index contributed by atoms with van der Waals surface area (Å²) in [7, 11) is 0.